The molecular formula is C11H23N3S. The molecule has 2 fully saturated rings. The molecule has 0 N–H and O–H groups in total. The lowest BCUT2D eigenvalue weighted by atomic mass is 9.96. The fourth-order valence-electron chi connectivity index (χ4n) is 2.53. The molecule has 4 heteroatoms. The van der Waals surface area contributed by atoms with Crippen LogP contribution in [0.3, 0.4) is 0 Å². The van der Waals surface area contributed by atoms with Gasteiger partial charge in [-0.3, -0.25) is 4.31 Å². The van der Waals surface area contributed by atoms with Gasteiger partial charge in [-0.05, 0) is 38.9 Å². The van der Waals surface area contributed by atoms with E-state index in [4.69, 9.17) is 0 Å². The molecule has 0 atom stereocenters. The second kappa shape index (κ2) is 5.53. The van der Waals surface area contributed by atoms with Crippen molar-refractivity contribution in [2.24, 2.45) is 5.92 Å². The number of rotatable bonds is 2. The number of likely N-dealkylation sites (tertiary alicyclic amines) is 1. The molecule has 0 aromatic rings. The summed E-state index contributed by atoms with van der Waals surface area (Å²) in [6.07, 6.45) is 2.77. The maximum Gasteiger partial charge on any atom is 0.0215 e. The molecule has 2 rings (SSSR count). The molecular weight excluding hydrogens is 206 g/mol. The molecule has 0 bridgehead atoms. The first-order valence-corrected chi connectivity index (χ1v) is 6.49. The predicted molar refractivity (Wildman–Crippen MR) is 67.2 cm³/mol. The maximum absolute atomic E-state index is 4.38. The van der Waals surface area contributed by atoms with E-state index < -0.39 is 0 Å². The van der Waals surface area contributed by atoms with Crippen molar-refractivity contribution in [2.75, 3.05) is 52.9 Å². The van der Waals surface area contributed by atoms with Gasteiger partial charge in [0.1, 0.15) is 0 Å². The lowest BCUT2D eigenvalue weighted by Crippen LogP contribution is -2.45. The van der Waals surface area contributed by atoms with Crippen LogP contribution in [-0.2, 0) is 0 Å². The van der Waals surface area contributed by atoms with Gasteiger partial charge in [0.15, 0.2) is 0 Å². The first kappa shape index (κ1) is 11.7. The monoisotopic (exact) mass is 229 g/mol. The van der Waals surface area contributed by atoms with E-state index >= 15 is 0 Å². The molecule has 2 saturated heterocycles. The van der Waals surface area contributed by atoms with E-state index in [1.54, 1.807) is 0 Å². The van der Waals surface area contributed by atoms with Crippen molar-refractivity contribution < 1.29 is 0 Å². The molecule has 2 heterocycles. The Hall–Kier alpha value is 0.230. The van der Waals surface area contributed by atoms with E-state index in [2.05, 4.69) is 34.0 Å². The highest BCUT2D eigenvalue weighted by Crippen LogP contribution is 2.18. The molecule has 0 saturated carbocycles. The summed E-state index contributed by atoms with van der Waals surface area (Å²) >= 11 is 4.38. The lowest BCUT2D eigenvalue weighted by Gasteiger charge is -2.36. The number of hydrogen-bond acceptors (Lipinski definition) is 4. The zero-order chi connectivity index (χ0) is 10.7. The first-order valence-electron chi connectivity index (χ1n) is 6.09. The predicted octanol–water partition coefficient (Wildman–Crippen LogP) is 0.791. The molecule has 0 aromatic carbocycles. The Kier molecular flexibility index (Phi) is 4.31. The van der Waals surface area contributed by atoms with Crippen LogP contribution in [0, 0.1) is 5.92 Å². The van der Waals surface area contributed by atoms with Crippen LogP contribution in [0.1, 0.15) is 12.8 Å². The highest BCUT2D eigenvalue weighted by molar-refractivity contribution is 7.77. The number of hydrogen-bond donors (Lipinski definition) is 1. The van der Waals surface area contributed by atoms with Gasteiger partial charge in [0.2, 0.25) is 0 Å². The summed E-state index contributed by atoms with van der Waals surface area (Å²) in [5.74, 6) is 0.938. The summed E-state index contributed by atoms with van der Waals surface area (Å²) in [5.41, 5.74) is 0. The van der Waals surface area contributed by atoms with Crippen LogP contribution in [0.25, 0.3) is 0 Å². The molecule has 2 aliphatic heterocycles. The van der Waals surface area contributed by atoms with E-state index in [0.717, 1.165) is 19.0 Å². The molecule has 15 heavy (non-hydrogen) atoms. The normalized spacial score (nSPS) is 28.4. The summed E-state index contributed by atoms with van der Waals surface area (Å²) < 4.78 is 2.13. The highest BCUT2D eigenvalue weighted by Gasteiger charge is 2.21. The van der Waals surface area contributed by atoms with Gasteiger partial charge in [-0.25, -0.2) is 0 Å². The number of piperidine rings is 1. The molecule has 88 valence electrons. The molecule has 0 radical (unpaired) electrons. The molecule has 0 spiro atoms. The lowest BCUT2D eigenvalue weighted by molar-refractivity contribution is 0.134. The van der Waals surface area contributed by atoms with Crippen molar-refractivity contribution in [3.8, 4) is 0 Å². The Morgan fingerprint density at radius 2 is 1.60 bits per heavy atom. The average molecular weight is 229 g/mol. The molecule has 3 nitrogen and oxygen atoms in total. The topological polar surface area (TPSA) is 9.72 Å². The van der Waals surface area contributed by atoms with Crippen molar-refractivity contribution in [3.05, 3.63) is 0 Å². The molecule has 0 unspecified atom stereocenters. The maximum atomic E-state index is 4.38. The van der Waals surface area contributed by atoms with Gasteiger partial charge in [-0.15, -0.1) is 0 Å². The second-order valence-corrected chi connectivity index (χ2v) is 5.57. The first-order chi connectivity index (χ1) is 7.24. The average Bonchev–Trinajstić information content (AvgIpc) is 2.25. The standard InChI is InChI=1S/C11H23N3S/c1-12-4-2-11(3-5-12)10-13-6-8-14(15)9-7-13/h11,15H,2-10H2,1H3. The number of piperazine rings is 1. The smallest absolute Gasteiger partial charge is 0.0215 e. The minimum absolute atomic E-state index is 0.938. The van der Waals surface area contributed by atoms with Crippen LogP contribution < -0.4 is 0 Å². The van der Waals surface area contributed by atoms with E-state index in [1.165, 1.54) is 45.6 Å². The number of thiol groups is 1. The molecule has 0 aromatic heterocycles. The molecule has 2 aliphatic rings. The van der Waals surface area contributed by atoms with Crippen LogP contribution in [0.4, 0.5) is 0 Å². The molecule has 0 aliphatic carbocycles. The third-order valence-corrected chi connectivity index (χ3v) is 4.10. The zero-order valence-electron chi connectivity index (χ0n) is 9.73. The van der Waals surface area contributed by atoms with E-state index in [0.29, 0.717) is 0 Å². The minimum Gasteiger partial charge on any atom is -0.306 e. The Balaban J connectivity index is 1.68. The fraction of sp³-hybridized carbons (Fsp3) is 1.00. The quantitative estimate of drug-likeness (QED) is 0.702. The number of nitrogens with zero attached hydrogens (tertiary/aromatic N) is 3. The Labute approximate surface area is 98.9 Å². The Morgan fingerprint density at radius 3 is 2.20 bits per heavy atom. The Bertz CT molecular complexity index is 164. The van der Waals surface area contributed by atoms with Gasteiger partial charge in [-0.2, -0.15) is 0 Å². The summed E-state index contributed by atoms with van der Waals surface area (Å²) in [4.78, 5) is 5.06. The Morgan fingerprint density at radius 1 is 1.00 bits per heavy atom. The summed E-state index contributed by atoms with van der Waals surface area (Å²) in [5, 5.41) is 0. The van der Waals surface area contributed by atoms with Crippen LogP contribution in [0.2, 0.25) is 0 Å². The van der Waals surface area contributed by atoms with E-state index in [1.807, 2.05) is 0 Å². The van der Waals surface area contributed by atoms with Crippen LogP contribution in [0.15, 0.2) is 0 Å². The van der Waals surface area contributed by atoms with Crippen molar-refractivity contribution in [1.82, 2.24) is 14.1 Å². The third kappa shape index (κ3) is 3.63. The largest absolute Gasteiger partial charge is 0.306 e. The van der Waals surface area contributed by atoms with Crippen LogP contribution in [-0.4, -0.2) is 67.0 Å². The van der Waals surface area contributed by atoms with Gasteiger partial charge < -0.3 is 9.80 Å². The van der Waals surface area contributed by atoms with Crippen molar-refractivity contribution in [1.29, 1.82) is 0 Å². The zero-order valence-corrected chi connectivity index (χ0v) is 10.6. The van der Waals surface area contributed by atoms with Gasteiger partial charge in [0.05, 0.1) is 0 Å². The van der Waals surface area contributed by atoms with Gasteiger partial charge in [0.25, 0.3) is 0 Å². The van der Waals surface area contributed by atoms with Crippen LogP contribution in [0.5, 0.6) is 0 Å². The van der Waals surface area contributed by atoms with Gasteiger partial charge in [-0.1, -0.05) is 12.8 Å². The van der Waals surface area contributed by atoms with Crippen molar-refractivity contribution in [2.45, 2.75) is 12.8 Å². The van der Waals surface area contributed by atoms with Gasteiger partial charge in [0, 0.05) is 32.7 Å². The van der Waals surface area contributed by atoms with Crippen molar-refractivity contribution in [3.63, 3.8) is 0 Å². The minimum atomic E-state index is 0.938. The summed E-state index contributed by atoms with van der Waals surface area (Å²) in [6.45, 7) is 8.54. The van der Waals surface area contributed by atoms with E-state index in [9.17, 15) is 0 Å². The highest BCUT2D eigenvalue weighted by atomic mass is 32.1. The SMILES string of the molecule is CN1CCC(CN2CCN(S)CC2)CC1. The third-order valence-electron chi connectivity index (χ3n) is 3.70. The summed E-state index contributed by atoms with van der Waals surface area (Å²) in [6, 6.07) is 0. The molecule has 0 amide bonds. The fourth-order valence-corrected chi connectivity index (χ4v) is 2.71. The summed E-state index contributed by atoms with van der Waals surface area (Å²) in [7, 11) is 2.23. The van der Waals surface area contributed by atoms with Crippen molar-refractivity contribution >= 4 is 12.8 Å². The second-order valence-electron chi connectivity index (χ2n) is 5.00. The van der Waals surface area contributed by atoms with Gasteiger partial charge >= 0.3 is 0 Å². The van der Waals surface area contributed by atoms with Crippen LogP contribution >= 0.6 is 12.8 Å². The van der Waals surface area contributed by atoms with E-state index in [-0.39, 0.29) is 0 Å².